The van der Waals surface area contributed by atoms with Crippen molar-refractivity contribution in [3.05, 3.63) is 35.4 Å². The lowest BCUT2D eigenvalue weighted by Crippen LogP contribution is -2.44. The molecule has 170 valence electrons. The van der Waals surface area contributed by atoms with Crippen molar-refractivity contribution in [2.45, 2.75) is 32.4 Å². The van der Waals surface area contributed by atoms with Crippen LogP contribution in [0.1, 0.15) is 41.0 Å². The zero-order chi connectivity index (χ0) is 22.6. The summed E-state index contributed by atoms with van der Waals surface area (Å²) >= 11 is 3.11. The number of nitrogens with one attached hydrogen (secondary N) is 2. The summed E-state index contributed by atoms with van der Waals surface area (Å²) in [5.74, 6) is 0.433. The van der Waals surface area contributed by atoms with Crippen LogP contribution < -0.4 is 10.6 Å². The van der Waals surface area contributed by atoms with Gasteiger partial charge in [-0.15, -0.1) is 0 Å². The van der Waals surface area contributed by atoms with E-state index in [4.69, 9.17) is 9.47 Å². The molecule has 1 aliphatic heterocycles. The highest BCUT2D eigenvalue weighted by atomic mass is 32.2. The van der Waals surface area contributed by atoms with Gasteiger partial charge in [0.15, 0.2) is 0 Å². The first-order chi connectivity index (χ1) is 15.0. The molecule has 0 aromatic heterocycles. The summed E-state index contributed by atoms with van der Waals surface area (Å²) in [4.78, 5) is 49.9. The fraction of sp³-hybridized carbons (Fsp3) is 0.524. The highest BCUT2D eigenvalue weighted by Gasteiger charge is 2.25. The fourth-order valence-electron chi connectivity index (χ4n) is 2.77. The molecule has 2 N–H and O–H groups in total. The van der Waals surface area contributed by atoms with E-state index in [0.29, 0.717) is 11.5 Å². The number of ether oxygens (including phenoxy) is 2. The van der Waals surface area contributed by atoms with Crippen molar-refractivity contribution in [1.29, 1.82) is 0 Å². The lowest BCUT2D eigenvalue weighted by atomic mass is 10.1. The van der Waals surface area contributed by atoms with E-state index in [1.54, 1.807) is 55.6 Å². The van der Waals surface area contributed by atoms with Crippen LogP contribution in [-0.4, -0.2) is 72.1 Å². The van der Waals surface area contributed by atoms with E-state index in [2.05, 4.69) is 10.6 Å². The smallest absolute Gasteiger partial charge is 0.329 e. The van der Waals surface area contributed by atoms with Gasteiger partial charge in [0, 0.05) is 22.6 Å². The Kier molecular flexibility index (Phi) is 10.7. The van der Waals surface area contributed by atoms with Gasteiger partial charge in [0.1, 0.15) is 12.1 Å². The zero-order valence-electron chi connectivity index (χ0n) is 17.7. The van der Waals surface area contributed by atoms with Gasteiger partial charge in [-0.25, -0.2) is 9.59 Å². The second-order valence-corrected chi connectivity index (χ2v) is 8.94. The highest BCUT2D eigenvalue weighted by Crippen LogP contribution is 2.14. The zero-order valence-corrected chi connectivity index (χ0v) is 19.3. The van der Waals surface area contributed by atoms with E-state index in [0.717, 1.165) is 17.9 Å². The van der Waals surface area contributed by atoms with Gasteiger partial charge in [0.2, 0.25) is 0 Å². The summed E-state index contributed by atoms with van der Waals surface area (Å²) in [6.45, 7) is 3.88. The molecular weight excluding hydrogens is 440 g/mol. The molecule has 1 aromatic carbocycles. The van der Waals surface area contributed by atoms with Crippen molar-refractivity contribution < 1.29 is 28.7 Å². The monoisotopic (exact) mass is 468 g/mol. The van der Waals surface area contributed by atoms with E-state index in [9.17, 15) is 19.2 Å². The molecule has 10 heteroatoms. The van der Waals surface area contributed by atoms with Crippen LogP contribution in [0.3, 0.4) is 0 Å². The Balaban J connectivity index is 2.24. The lowest BCUT2D eigenvalue weighted by molar-refractivity contribution is -0.145. The number of amides is 2. The van der Waals surface area contributed by atoms with Crippen molar-refractivity contribution in [3.63, 3.8) is 0 Å². The molecule has 0 saturated heterocycles. The molecule has 31 heavy (non-hydrogen) atoms. The summed E-state index contributed by atoms with van der Waals surface area (Å²) in [5.41, 5.74) is 0.474. The Morgan fingerprint density at radius 2 is 1.35 bits per heavy atom. The van der Waals surface area contributed by atoms with Gasteiger partial charge in [-0.05, 0) is 50.0 Å². The molecule has 0 radical (unpaired) electrons. The van der Waals surface area contributed by atoms with Gasteiger partial charge in [-0.2, -0.15) is 23.5 Å². The molecule has 2 bridgehead atoms. The summed E-state index contributed by atoms with van der Waals surface area (Å²) in [6.07, 6.45) is 0.849. The number of esters is 2. The summed E-state index contributed by atoms with van der Waals surface area (Å²) in [7, 11) is 0. The number of fused-ring (bicyclic) bond motifs is 2. The van der Waals surface area contributed by atoms with Crippen LogP contribution in [0.25, 0.3) is 0 Å². The van der Waals surface area contributed by atoms with Gasteiger partial charge in [0.05, 0.1) is 13.2 Å². The Bertz CT molecular complexity index is 730. The molecule has 0 fully saturated rings. The van der Waals surface area contributed by atoms with Crippen molar-refractivity contribution in [3.8, 4) is 0 Å². The third-order valence-electron chi connectivity index (χ3n) is 4.29. The third-order valence-corrected chi connectivity index (χ3v) is 6.58. The van der Waals surface area contributed by atoms with Crippen molar-refractivity contribution in [2.24, 2.45) is 0 Å². The molecule has 1 heterocycles. The molecule has 8 nitrogen and oxygen atoms in total. The van der Waals surface area contributed by atoms with Crippen molar-refractivity contribution in [2.75, 3.05) is 36.2 Å². The number of carbonyl (C=O) groups is 4. The lowest BCUT2D eigenvalue weighted by Gasteiger charge is -2.19. The van der Waals surface area contributed by atoms with Gasteiger partial charge >= 0.3 is 11.9 Å². The second kappa shape index (κ2) is 13.3. The Morgan fingerprint density at radius 3 is 1.77 bits per heavy atom. The minimum atomic E-state index is -0.774. The normalized spacial score (nSPS) is 20.8. The average molecular weight is 469 g/mol. The first-order valence-electron chi connectivity index (χ1n) is 10.2. The van der Waals surface area contributed by atoms with Crippen LogP contribution in [0.4, 0.5) is 0 Å². The minimum absolute atomic E-state index is 0.226. The van der Waals surface area contributed by atoms with Crippen LogP contribution in [0.2, 0.25) is 0 Å². The van der Waals surface area contributed by atoms with Gasteiger partial charge in [-0.3, -0.25) is 9.59 Å². The van der Waals surface area contributed by atoms with Crippen LogP contribution in [0.15, 0.2) is 24.3 Å². The minimum Gasteiger partial charge on any atom is -0.464 e. The predicted octanol–water partition coefficient (Wildman–Crippen LogP) is 1.88. The van der Waals surface area contributed by atoms with E-state index in [-0.39, 0.29) is 24.3 Å². The van der Waals surface area contributed by atoms with Crippen LogP contribution >= 0.6 is 23.5 Å². The molecule has 0 saturated carbocycles. The van der Waals surface area contributed by atoms with Crippen LogP contribution in [0, 0.1) is 0 Å². The highest BCUT2D eigenvalue weighted by molar-refractivity contribution is 8.00. The van der Waals surface area contributed by atoms with E-state index < -0.39 is 35.8 Å². The van der Waals surface area contributed by atoms with Gasteiger partial charge < -0.3 is 20.1 Å². The Morgan fingerprint density at radius 1 is 0.903 bits per heavy atom. The number of hydrogen-bond donors (Lipinski definition) is 2. The average Bonchev–Trinajstić information content (AvgIpc) is 2.76. The van der Waals surface area contributed by atoms with E-state index in [1.807, 2.05) is 0 Å². The van der Waals surface area contributed by atoms with Crippen molar-refractivity contribution >= 4 is 47.3 Å². The van der Waals surface area contributed by atoms with E-state index >= 15 is 0 Å². The largest absolute Gasteiger partial charge is 0.464 e. The van der Waals surface area contributed by atoms with Crippen LogP contribution in [-0.2, 0) is 19.1 Å². The molecule has 0 aliphatic carbocycles. The van der Waals surface area contributed by atoms with Crippen molar-refractivity contribution in [1.82, 2.24) is 10.6 Å². The Hall–Kier alpha value is -2.20. The SMILES string of the molecule is CCOC(=O)[C@@H]1CSCCCSC[C@@H](C(=O)OCC)NC(=O)c2cccc(c2)C(=O)N1. The summed E-state index contributed by atoms with van der Waals surface area (Å²) in [5, 5.41) is 5.41. The maximum absolute atomic E-state index is 12.7. The number of rotatable bonds is 4. The predicted molar refractivity (Wildman–Crippen MR) is 121 cm³/mol. The molecule has 0 spiro atoms. The maximum Gasteiger partial charge on any atom is 0.329 e. The number of hydrogen-bond acceptors (Lipinski definition) is 8. The Labute approximate surface area is 190 Å². The molecule has 2 amide bonds. The summed E-state index contributed by atoms with van der Waals surface area (Å²) < 4.78 is 10.2. The topological polar surface area (TPSA) is 111 Å². The quantitative estimate of drug-likeness (QED) is 0.645. The van der Waals surface area contributed by atoms with Gasteiger partial charge in [-0.1, -0.05) is 6.07 Å². The number of thioether (sulfide) groups is 2. The first-order valence-corrected chi connectivity index (χ1v) is 12.5. The molecule has 1 aliphatic rings. The molecule has 2 atom stereocenters. The number of benzene rings is 1. The molecule has 1 aromatic rings. The molecule has 0 unspecified atom stereocenters. The molecule has 2 rings (SSSR count). The fourth-order valence-corrected chi connectivity index (χ4v) is 4.90. The van der Waals surface area contributed by atoms with Gasteiger partial charge in [0.25, 0.3) is 11.8 Å². The van der Waals surface area contributed by atoms with E-state index in [1.165, 1.54) is 6.07 Å². The first kappa shape index (κ1) is 25.1. The number of carbonyl (C=O) groups excluding carboxylic acids is 4. The third kappa shape index (κ3) is 8.10. The molecular formula is C21H28N2O6S2. The summed E-state index contributed by atoms with van der Waals surface area (Å²) in [6, 6.07) is 4.58. The second-order valence-electron chi connectivity index (χ2n) is 6.64. The standard InChI is InChI=1S/C21H28N2O6S2/c1-3-28-20(26)16-12-30-9-6-10-31-13-17(21(27)29-4-2)23-19(25)15-8-5-7-14(11-15)18(24)22-16/h5,7-8,11,16-17H,3-4,6,9-10,12-13H2,1-2H3,(H,22,24)(H,23,25)/t16-,17-/m0/s1. The maximum atomic E-state index is 12.7. The van der Waals surface area contributed by atoms with Crippen LogP contribution in [0.5, 0.6) is 0 Å².